The van der Waals surface area contributed by atoms with E-state index >= 15 is 0 Å². The summed E-state index contributed by atoms with van der Waals surface area (Å²) < 4.78 is 20.6. The molecule has 4 aromatic rings. The zero-order valence-electron chi connectivity index (χ0n) is 18.3. The van der Waals surface area contributed by atoms with Gasteiger partial charge >= 0.3 is 0 Å². The number of hydrogen-bond donors (Lipinski definition) is 2. The summed E-state index contributed by atoms with van der Waals surface area (Å²) in [5.41, 5.74) is 1.26. The first-order valence-corrected chi connectivity index (χ1v) is 12.2. The van der Waals surface area contributed by atoms with Gasteiger partial charge in [0.05, 0.1) is 28.6 Å². The minimum Gasteiger partial charge on any atom is -0.619 e. The van der Waals surface area contributed by atoms with Crippen molar-refractivity contribution in [3.8, 4) is 12.1 Å². The van der Waals surface area contributed by atoms with Crippen LogP contribution < -0.4 is 20.7 Å². The molecule has 2 aromatic carbocycles. The fraction of sp³-hybridized carbons (Fsp3) is 0.0833. The highest BCUT2D eigenvalue weighted by molar-refractivity contribution is 7.75. The van der Waals surface area contributed by atoms with Crippen molar-refractivity contribution in [2.24, 2.45) is 0 Å². The summed E-state index contributed by atoms with van der Waals surface area (Å²) in [7, 11) is -2.77. The van der Waals surface area contributed by atoms with Crippen molar-refractivity contribution in [2.45, 2.75) is 6.54 Å². The molecule has 0 fully saturated rings. The van der Waals surface area contributed by atoms with Crippen LogP contribution >= 0.6 is 19.0 Å². The second-order valence-corrected chi connectivity index (χ2v) is 10.4. The monoisotopic (exact) mass is 505 g/mol. The average molecular weight is 506 g/mol. The van der Waals surface area contributed by atoms with Crippen molar-refractivity contribution in [1.29, 1.82) is 10.5 Å². The van der Waals surface area contributed by atoms with Crippen LogP contribution in [0, 0.1) is 27.9 Å². The molecule has 2 aromatic heterocycles. The quantitative estimate of drug-likeness (QED) is 0.234. The molecule has 1 atom stereocenters. The maximum Gasteiger partial charge on any atom is 0.268 e. The molecule has 0 aliphatic rings. The van der Waals surface area contributed by atoms with E-state index in [-0.39, 0.29) is 34.0 Å². The zero-order chi connectivity index (χ0) is 25.2. The molecule has 0 saturated carbocycles. The van der Waals surface area contributed by atoms with Gasteiger partial charge in [-0.25, -0.2) is 0 Å². The van der Waals surface area contributed by atoms with E-state index in [0.717, 1.165) is 0 Å². The topological polar surface area (TPSA) is 146 Å². The molecule has 1 amide bonds. The Morgan fingerprint density at radius 1 is 1.20 bits per heavy atom. The highest BCUT2D eigenvalue weighted by atomic mass is 35.5. The molecule has 2 heterocycles. The van der Waals surface area contributed by atoms with Gasteiger partial charge in [0.15, 0.2) is 12.4 Å². The van der Waals surface area contributed by atoms with E-state index in [2.05, 4.69) is 10.3 Å². The predicted octanol–water partition coefficient (Wildman–Crippen LogP) is 3.00. The Balaban J connectivity index is 1.88. The van der Waals surface area contributed by atoms with Crippen LogP contribution in [-0.2, 0) is 15.6 Å². The Labute approximate surface area is 205 Å². The molecule has 2 N–H and O–H groups in total. The van der Waals surface area contributed by atoms with Crippen molar-refractivity contribution in [1.82, 2.24) is 10.3 Å². The minimum atomic E-state index is -4.00. The third-order valence-corrected chi connectivity index (χ3v) is 8.06. The molecular weight excluding hydrogens is 489 g/mol. The fourth-order valence-corrected chi connectivity index (χ4v) is 6.13. The van der Waals surface area contributed by atoms with Gasteiger partial charge in [0.25, 0.3) is 13.3 Å². The zero-order valence-corrected chi connectivity index (χ0v) is 19.9. The number of aromatic amines is 1. The first-order valence-electron chi connectivity index (χ1n) is 10.2. The van der Waals surface area contributed by atoms with Gasteiger partial charge in [-0.2, -0.15) is 15.3 Å². The third kappa shape index (κ3) is 4.62. The lowest BCUT2D eigenvalue weighted by Gasteiger charge is -2.18. The van der Waals surface area contributed by atoms with Crippen LogP contribution in [0.2, 0.25) is 5.02 Å². The van der Waals surface area contributed by atoms with E-state index < -0.39 is 13.3 Å². The van der Waals surface area contributed by atoms with Gasteiger partial charge in [-0.3, -0.25) is 9.36 Å². The van der Waals surface area contributed by atoms with E-state index in [1.165, 1.54) is 37.7 Å². The standard InChI is InChI=1S/C24H17ClN5O4P/c1-34-35(33,19-8-16(11-26)7-17(9-19)12-27)23-20-10-18(25)4-5-21(20)29-22(23)24(31)28-13-15-3-2-6-30(32)14-15/h2-10,14,29H,13H2,1H3,(H,28,31). The SMILES string of the molecule is COP(=O)(c1cc(C#N)cc(C#N)c1)c1c(C(=O)NCc2ccc[n+]([O-])c2)[nH]c2ccc(Cl)cc12. The highest BCUT2D eigenvalue weighted by Crippen LogP contribution is 2.47. The lowest BCUT2D eigenvalue weighted by atomic mass is 10.1. The van der Waals surface area contributed by atoms with Crippen LogP contribution in [0.3, 0.4) is 0 Å². The van der Waals surface area contributed by atoms with Crippen molar-refractivity contribution < 1.29 is 18.6 Å². The normalized spacial score (nSPS) is 12.5. The van der Waals surface area contributed by atoms with Gasteiger partial charge in [0.1, 0.15) is 5.69 Å². The Morgan fingerprint density at radius 2 is 1.91 bits per heavy atom. The molecule has 11 heteroatoms. The Hall–Kier alpha value is -4.14. The summed E-state index contributed by atoms with van der Waals surface area (Å²) in [6.07, 6.45) is 2.65. The van der Waals surface area contributed by atoms with Gasteiger partial charge in [-0.1, -0.05) is 11.6 Å². The fourth-order valence-electron chi connectivity index (χ4n) is 3.73. The molecular formula is C24H17ClN5O4P. The summed E-state index contributed by atoms with van der Waals surface area (Å²) >= 11 is 6.21. The number of nitrogens with one attached hydrogen (secondary N) is 2. The number of rotatable bonds is 6. The first kappa shape index (κ1) is 24.0. The maximum atomic E-state index is 14.4. The van der Waals surface area contributed by atoms with Crippen LogP contribution in [0.4, 0.5) is 0 Å². The second-order valence-electron chi connectivity index (χ2n) is 7.52. The van der Waals surface area contributed by atoms with E-state index in [4.69, 9.17) is 16.1 Å². The second kappa shape index (κ2) is 9.61. The molecule has 0 saturated heterocycles. The number of hydrogen-bond acceptors (Lipinski definition) is 6. The summed E-state index contributed by atoms with van der Waals surface area (Å²) in [4.78, 5) is 16.3. The number of halogens is 1. The van der Waals surface area contributed by atoms with Crippen LogP contribution in [0.15, 0.2) is 60.9 Å². The van der Waals surface area contributed by atoms with Crippen molar-refractivity contribution >= 4 is 46.4 Å². The number of amides is 1. The predicted molar refractivity (Wildman–Crippen MR) is 130 cm³/mol. The molecule has 0 aliphatic heterocycles. The number of nitriles is 2. The van der Waals surface area contributed by atoms with Crippen LogP contribution in [0.1, 0.15) is 27.2 Å². The molecule has 0 bridgehead atoms. The van der Waals surface area contributed by atoms with Gasteiger partial charge < -0.3 is 20.0 Å². The number of carbonyl (C=O) groups is 1. The van der Waals surface area contributed by atoms with Gasteiger partial charge in [0.2, 0.25) is 0 Å². The van der Waals surface area contributed by atoms with Crippen LogP contribution in [-0.4, -0.2) is 18.0 Å². The number of benzene rings is 2. The molecule has 9 nitrogen and oxygen atoms in total. The largest absolute Gasteiger partial charge is 0.619 e. The van der Waals surface area contributed by atoms with Crippen LogP contribution in [0.5, 0.6) is 0 Å². The van der Waals surface area contributed by atoms with E-state index in [1.807, 2.05) is 12.1 Å². The molecule has 0 aliphatic carbocycles. The molecule has 35 heavy (non-hydrogen) atoms. The van der Waals surface area contributed by atoms with Crippen molar-refractivity contribution in [3.05, 3.63) is 93.5 Å². The van der Waals surface area contributed by atoms with E-state index in [1.54, 1.807) is 30.3 Å². The summed E-state index contributed by atoms with van der Waals surface area (Å²) in [5.74, 6) is -0.595. The van der Waals surface area contributed by atoms with Gasteiger partial charge in [0, 0.05) is 46.5 Å². The number of fused-ring (bicyclic) bond motifs is 1. The number of H-pyrrole nitrogens is 1. The molecule has 0 spiro atoms. The van der Waals surface area contributed by atoms with Gasteiger partial charge in [-0.05, 0) is 42.5 Å². The molecule has 0 radical (unpaired) electrons. The van der Waals surface area contributed by atoms with Crippen molar-refractivity contribution in [3.63, 3.8) is 0 Å². The lowest BCUT2D eigenvalue weighted by Crippen LogP contribution is -2.31. The van der Waals surface area contributed by atoms with E-state index in [0.29, 0.717) is 26.2 Å². The Kier molecular flexibility index (Phi) is 6.59. The van der Waals surface area contributed by atoms with Gasteiger partial charge in [-0.15, -0.1) is 0 Å². The molecule has 174 valence electrons. The molecule has 4 rings (SSSR count). The average Bonchev–Trinajstić information content (AvgIpc) is 3.25. The molecule has 1 unspecified atom stereocenters. The maximum absolute atomic E-state index is 14.4. The summed E-state index contributed by atoms with van der Waals surface area (Å²) in [5, 5.41) is 33.9. The Bertz CT molecular complexity index is 1570. The number of pyridine rings is 1. The summed E-state index contributed by atoms with van der Waals surface area (Å²) in [6, 6.07) is 16.0. The number of aromatic nitrogens is 2. The smallest absolute Gasteiger partial charge is 0.268 e. The number of carbonyl (C=O) groups excluding carboxylic acids is 1. The Morgan fingerprint density at radius 3 is 2.54 bits per heavy atom. The van der Waals surface area contributed by atoms with Crippen molar-refractivity contribution in [2.75, 3.05) is 7.11 Å². The minimum absolute atomic E-state index is 0.0285. The van der Waals surface area contributed by atoms with E-state index in [9.17, 15) is 25.1 Å². The lowest BCUT2D eigenvalue weighted by molar-refractivity contribution is -0.605. The van der Waals surface area contributed by atoms with Crippen LogP contribution in [0.25, 0.3) is 10.9 Å². The third-order valence-electron chi connectivity index (χ3n) is 5.32. The first-order chi connectivity index (χ1) is 16.8. The number of nitrogens with zero attached hydrogens (tertiary/aromatic N) is 3. The highest BCUT2D eigenvalue weighted by Gasteiger charge is 2.36. The summed E-state index contributed by atoms with van der Waals surface area (Å²) in [6.45, 7) is 0.0389.